The van der Waals surface area contributed by atoms with Crippen molar-refractivity contribution in [2.24, 2.45) is 0 Å². The molecule has 0 atom stereocenters. The van der Waals surface area contributed by atoms with Crippen LogP contribution in [0.1, 0.15) is 11.1 Å². The Balaban J connectivity index is 1.66. The molecule has 3 heterocycles. The van der Waals surface area contributed by atoms with E-state index in [0.29, 0.717) is 0 Å². The van der Waals surface area contributed by atoms with E-state index in [9.17, 15) is 0 Å². The molecule has 0 saturated heterocycles. The number of benzene rings is 4. The number of aromatic amines is 1. The van der Waals surface area contributed by atoms with Gasteiger partial charge in [0, 0.05) is 33.3 Å². The van der Waals surface area contributed by atoms with Gasteiger partial charge in [-0.3, -0.25) is 4.98 Å². The molecule has 0 aliphatic heterocycles. The molecule has 0 spiro atoms. The van der Waals surface area contributed by atoms with Gasteiger partial charge in [0.2, 0.25) is 0 Å². The summed E-state index contributed by atoms with van der Waals surface area (Å²) in [5, 5.41) is 6.86. The Morgan fingerprint density at radius 3 is 2.66 bits per heavy atom. The summed E-state index contributed by atoms with van der Waals surface area (Å²) in [5.74, 6) is 0.852. The number of aromatic nitrogens is 3. The first-order valence-electron chi connectivity index (χ1n) is 10.8. The van der Waals surface area contributed by atoms with Crippen LogP contribution in [0.4, 0.5) is 0 Å². The zero-order valence-corrected chi connectivity index (χ0v) is 17.7. The number of nitrogens with one attached hydrogen (secondary N) is 1. The average Bonchev–Trinajstić information content (AvgIpc) is 3.43. The van der Waals surface area contributed by atoms with Crippen molar-refractivity contribution < 1.29 is 4.42 Å². The molecule has 32 heavy (non-hydrogen) atoms. The van der Waals surface area contributed by atoms with E-state index in [1.807, 2.05) is 24.6 Å². The third-order valence-corrected chi connectivity index (χ3v) is 6.57. The standard InChI is InChI=1S/C28H19N3O/c1-15-5-3-7-20-19(15)9-10-21-24(20)26-25(23-16(2)14-32-27(21)23)30-28(31-26)18-8-11-22-17(13-18)6-4-12-29-22/h3-14H,1-2H3,(H,30,31). The van der Waals surface area contributed by atoms with E-state index < -0.39 is 0 Å². The second kappa shape index (κ2) is 6.17. The minimum atomic E-state index is 0.852. The van der Waals surface area contributed by atoms with E-state index in [-0.39, 0.29) is 0 Å². The molecule has 7 rings (SSSR count). The first-order valence-corrected chi connectivity index (χ1v) is 10.8. The maximum absolute atomic E-state index is 6.07. The van der Waals surface area contributed by atoms with E-state index in [1.165, 1.54) is 16.3 Å². The highest BCUT2D eigenvalue weighted by Gasteiger charge is 2.19. The van der Waals surface area contributed by atoms with Crippen LogP contribution < -0.4 is 0 Å². The molecule has 0 saturated carbocycles. The van der Waals surface area contributed by atoms with Gasteiger partial charge in [-0.05, 0) is 66.1 Å². The highest BCUT2D eigenvalue weighted by atomic mass is 16.3. The zero-order chi connectivity index (χ0) is 21.4. The van der Waals surface area contributed by atoms with Gasteiger partial charge in [-0.1, -0.05) is 30.3 Å². The number of H-pyrrole nitrogens is 1. The summed E-state index contributed by atoms with van der Waals surface area (Å²) in [4.78, 5) is 13.2. The lowest BCUT2D eigenvalue weighted by molar-refractivity contribution is 0.616. The molecule has 7 aromatic rings. The second-order valence-corrected chi connectivity index (χ2v) is 8.50. The largest absolute Gasteiger partial charge is 0.463 e. The van der Waals surface area contributed by atoms with Crippen LogP contribution in [-0.2, 0) is 0 Å². The van der Waals surface area contributed by atoms with Gasteiger partial charge < -0.3 is 9.40 Å². The molecule has 3 aromatic heterocycles. The van der Waals surface area contributed by atoms with Gasteiger partial charge in [0.25, 0.3) is 0 Å². The van der Waals surface area contributed by atoms with E-state index in [2.05, 4.69) is 72.3 Å². The lowest BCUT2D eigenvalue weighted by Crippen LogP contribution is -1.85. The van der Waals surface area contributed by atoms with Crippen molar-refractivity contribution in [1.82, 2.24) is 15.0 Å². The fourth-order valence-electron chi connectivity index (χ4n) is 5.01. The van der Waals surface area contributed by atoms with Crippen molar-refractivity contribution in [2.75, 3.05) is 0 Å². The molecule has 4 heteroatoms. The highest BCUT2D eigenvalue weighted by Crippen LogP contribution is 2.41. The predicted molar refractivity (Wildman–Crippen MR) is 131 cm³/mol. The summed E-state index contributed by atoms with van der Waals surface area (Å²) in [7, 11) is 0. The number of nitrogens with zero attached hydrogens (tertiary/aromatic N) is 2. The Morgan fingerprint density at radius 1 is 0.812 bits per heavy atom. The first kappa shape index (κ1) is 17.5. The number of aryl methyl sites for hydroxylation is 2. The quantitative estimate of drug-likeness (QED) is 0.284. The lowest BCUT2D eigenvalue weighted by Gasteiger charge is -2.08. The van der Waals surface area contributed by atoms with Crippen LogP contribution in [0.25, 0.3) is 65.8 Å². The van der Waals surface area contributed by atoms with Crippen LogP contribution in [0, 0.1) is 13.8 Å². The molecule has 1 N–H and O–H groups in total. The van der Waals surface area contributed by atoms with Crippen LogP contribution in [0.15, 0.2) is 77.5 Å². The molecule has 4 aromatic carbocycles. The van der Waals surface area contributed by atoms with Crippen molar-refractivity contribution in [2.45, 2.75) is 13.8 Å². The minimum Gasteiger partial charge on any atom is -0.463 e. The first-order chi connectivity index (χ1) is 15.7. The normalized spacial score (nSPS) is 12.1. The van der Waals surface area contributed by atoms with E-state index in [4.69, 9.17) is 9.40 Å². The number of pyridine rings is 1. The lowest BCUT2D eigenvalue weighted by atomic mass is 9.96. The SMILES string of the molecule is Cc1cccc2c1ccc1c3occ(C)c3c3[nH]c(-c4ccc5ncccc5c4)nc3c21. The maximum atomic E-state index is 6.07. The molecule has 0 aliphatic carbocycles. The Hall–Kier alpha value is -4.18. The fourth-order valence-corrected chi connectivity index (χ4v) is 5.01. The van der Waals surface area contributed by atoms with Gasteiger partial charge in [-0.2, -0.15) is 0 Å². The topological polar surface area (TPSA) is 54.7 Å². The van der Waals surface area contributed by atoms with Crippen molar-refractivity contribution in [3.05, 3.63) is 84.3 Å². The van der Waals surface area contributed by atoms with Crippen molar-refractivity contribution in [3.8, 4) is 11.4 Å². The molecule has 0 radical (unpaired) electrons. The summed E-state index contributed by atoms with van der Waals surface area (Å²) in [6.45, 7) is 4.24. The number of hydrogen-bond acceptors (Lipinski definition) is 3. The van der Waals surface area contributed by atoms with E-state index in [0.717, 1.165) is 60.6 Å². The molecular formula is C28H19N3O. The third kappa shape index (κ3) is 2.26. The summed E-state index contributed by atoms with van der Waals surface area (Å²) >= 11 is 0. The number of hydrogen-bond donors (Lipinski definition) is 1. The molecule has 0 fully saturated rings. The van der Waals surface area contributed by atoms with Gasteiger partial charge >= 0.3 is 0 Å². The van der Waals surface area contributed by atoms with Crippen LogP contribution in [0.2, 0.25) is 0 Å². The highest BCUT2D eigenvalue weighted by molar-refractivity contribution is 6.29. The van der Waals surface area contributed by atoms with Gasteiger partial charge in [0.05, 0.1) is 22.8 Å². The van der Waals surface area contributed by atoms with Gasteiger partial charge in [0.15, 0.2) is 0 Å². The number of rotatable bonds is 1. The smallest absolute Gasteiger partial charge is 0.144 e. The fraction of sp³-hybridized carbons (Fsp3) is 0.0714. The van der Waals surface area contributed by atoms with E-state index in [1.54, 1.807) is 0 Å². The summed E-state index contributed by atoms with van der Waals surface area (Å²) in [5.41, 5.74) is 7.29. The second-order valence-electron chi connectivity index (χ2n) is 8.50. The molecule has 0 bridgehead atoms. The number of imidazole rings is 1. The van der Waals surface area contributed by atoms with E-state index >= 15 is 0 Å². The molecule has 4 nitrogen and oxygen atoms in total. The number of fused-ring (bicyclic) bond motifs is 9. The zero-order valence-electron chi connectivity index (χ0n) is 17.7. The van der Waals surface area contributed by atoms with Crippen molar-refractivity contribution in [3.63, 3.8) is 0 Å². The van der Waals surface area contributed by atoms with Gasteiger partial charge in [-0.25, -0.2) is 4.98 Å². The van der Waals surface area contributed by atoms with Crippen LogP contribution >= 0.6 is 0 Å². The van der Waals surface area contributed by atoms with Crippen LogP contribution in [0.5, 0.6) is 0 Å². The monoisotopic (exact) mass is 413 g/mol. The van der Waals surface area contributed by atoms with Crippen molar-refractivity contribution >= 4 is 54.5 Å². The third-order valence-electron chi connectivity index (χ3n) is 6.57. The van der Waals surface area contributed by atoms with Crippen LogP contribution in [-0.4, -0.2) is 15.0 Å². The maximum Gasteiger partial charge on any atom is 0.144 e. The molecule has 0 aliphatic rings. The van der Waals surface area contributed by atoms with Gasteiger partial charge in [0.1, 0.15) is 11.4 Å². The molecule has 0 amide bonds. The summed E-state index contributed by atoms with van der Waals surface area (Å²) in [6.07, 6.45) is 3.66. The Bertz CT molecular complexity index is 1860. The van der Waals surface area contributed by atoms with Crippen molar-refractivity contribution in [1.29, 1.82) is 0 Å². The summed E-state index contributed by atoms with van der Waals surface area (Å²) in [6, 6.07) is 21.1. The van der Waals surface area contributed by atoms with Crippen LogP contribution in [0.3, 0.4) is 0 Å². The molecule has 152 valence electrons. The Labute approximate surface area is 183 Å². The minimum absolute atomic E-state index is 0.852. The van der Waals surface area contributed by atoms with Gasteiger partial charge in [-0.15, -0.1) is 0 Å². The summed E-state index contributed by atoms with van der Waals surface area (Å²) < 4.78 is 6.07. The predicted octanol–water partition coefficient (Wildman–Crippen LogP) is 7.45. The number of furan rings is 1. The Morgan fingerprint density at radius 2 is 1.72 bits per heavy atom. The Kier molecular flexibility index (Phi) is 3.37. The molecular weight excluding hydrogens is 394 g/mol. The molecule has 0 unspecified atom stereocenters. The average molecular weight is 413 g/mol.